The standard InChI is InChI=1S/C17H24N2O/c1-11(2)12(3)19-9-14-5-4-6-16(15(14)10-19)18-17(20)13-7-8-13/h4-6,11-13H,7-10H2,1-3H3,(H,18,20)/t12-/m1/s1. The fourth-order valence-corrected chi connectivity index (χ4v) is 2.85. The normalized spacial score (nSPS) is 20.0. The Bertz CT molecular complexity index is 520. The maximum absolute atomic E-state index is 12.0. The van der Waals surface area contributed by atoms with Gasteiger partial charge in [0.1, 0.15) is 0 Å². The third kappa shape index (κ3) is 2.59. The van der Waals surface area contributed by atoms with E-state index in [0.717, 1.165) is 31.6 Å². The first-order chi connectivity index (χ1) is 9.56. The lowest BCUT2D eigenvalue weighted by molar-refractivity contribution is -0.117. The minimum atomic E-state index is 0.203. The highest BCUT2D eigenvalue weighted by Crippen LogP contribution is 2.34. The van der Waals surface area contributed by atoms with Crippen molar-refractivity contribution in [2.75, 3.05) is 5.32 Å². The van der Waals surface area contributed by atoms with Gasteiger partial charge in [-0.2, -0.15) is 0 Å². The topological polar surface area (TPSA) is 32.3 Å². The van der Waals surface area contributed by atoms with E-state index in [-0.39, 0.29) is 11.8 Å². The monoisotopic (exact) mass is 272 g/mol. The SMILES string of the molecule is CC(C)[C@@H](C)N1Cc2cccc(NC(=O)C3CC3)c2C1. The molecular weight excluding hydrogens is 248 g/mol. The number of nitrogens with one attached hydrogen (secondary N) is 1. The van der Waals surface area contributed by atoms with E-state index in [4.69, 9.17) is 0 Å². The first kappa shape index (κ1) is 13.6. The molecular formula is C17H24N2O. The van der Waals surface area contributed by atoms with E-state index in [2.05, 4.69) is 43.1 Å². The van der Waals surface area contributed by atoms with Crippen LogP contribution in [0.2, 0.25) is 0 Å². The van der Waals surface area contributed by atoms with Crippen molar-refractivity contribution in [3.63, 3.8) is 0 Å². The fourth-order valence-electron chi connectivity index (χ4n) is 2.85. The van der Waals surface area contributed by atoms with Gasteiger partial charge >= 0.3 is 0 Å². The Kier molecular flexibility index (Phi) is 3.55. The Morgan fingerprint density at radius 2 is 2.00 bits per heavy atom. The van der Waals surface area contributed by atoms with Crippen molar-refractivity contribution in [2.24, 2.45) is 11.8 Å². The Hall–Kier alpha value is -1.35. The predicted octanol–water partition coefficient (Wildman–Crippen LogP) is 3.40. The minimum absolute atomic E-state index is 0.203. The number of benzene rings is 1. The van der Waals surface area contributed by atoms with Crippen LogP contribution in [-0.4, -0.2) is 16.8 Å². The average molecular weight is 272 g/mol. The molecule has 1 aliphatic carbocycles. The molecule has 0 unspecified atom stereocenters. The number of amides is 1. The van der Waals surface area contributed by atoms with Crippen molar-refractivity contribution in [1.82, 2.24) is 4.90 Å². The van der Waals surface area contributed by atoms with E-state index in [1.807, 2.05) is 6.07 Å². The highest BCUT2D eigenvalue weighted by Gasteiger charge is 2.31. The summed E-state index contributed by atoms with van der Waals surface area (Å²) in [6.45, 7) is 8.78. The Balaban J connectivity index is 1.77. The van der Waals surface area contributed by atoms with Gasteiger partial charge in [0.15, 0.2) is 0 Å². The van der Waals surface area contributed by atoms with Crippen molar-refractivity contribution in [3.8, 4) is 0 Å². The number of rotatable bonds is 4. The molecule has 0 aromatic heterocycles. The molecule has 1 N–H and O–H groups in total. The number of carbonyl (C=O) groups excluding carboxylic acids is 1. The number of nitrogens with zero attached hydrogens (tertiary/aromatic N) is 1. The van der Waals surface area contributed by atoms with Crippen LogP contribution in [0.3, 0.4) is 0 Å². The molecule has 1 aliphatic heterocycles. The average Bonchev–Trinajstić information content (AvgIpc) is 3.17. The van der Waals surface area contributed by atoms with Crippen LogP contribution < -0.4 is 5.32 Å². The molecule has 20 heavy (non-hydrogen) atoms. The van der Waals surface area contributed by atoms with Crippen LogP contribution in [0.4, 0.5) is 5.69 Å². The molecule has 0 spiro atoms. The van der Waals surface area contributed by atoms with Gasteiger partial charge in [0, 0.05) is 30.7 Å². The van der Waals surface area contributed by atoms with E-state index in [1.165, 1.54) is 11.1 Å². The van der Waals surface area contributed by atoms with E-state index < -0.39 is 0 Å². The number of fused-ring (bicyclic) bond motifs is 1. The van der Waals surface area contributed by atoms with Crippen molar-refractivity contribution >= 4 is 11.6 Å². The first-order valence-corrected chi connectivity index (χ1v) is 7.72. The first-order valence-electron chi connectivity index (χ1n) is 7.72. The van der Waals surface area contributed by atoms with Crippen molar-refractivity contribution < 1.29 is 4.79 Å². The molecule has 0 radical (unpaired) electrons. The lowest BCUT2D eigenvalue weighted by atomic mass is 10.1. The molecule has 3 heteroatoms. The summed E-state index contributed by atoms with van der Waals surface area (Å²) in [7, 11) is 0. The van der Waals surface area contributed by atoms with Gasteiger partial charge in [0.2, 0.25) is 5.91 Å². The minimum Gasteiger partial charge on any atom is -0.326 e. The van der Waals surface area contributed by atoms with Gasteiger partial charge in [-0.1, -0.05) is 26.0 Å². The smallest absolute Gasteiger partial charge is 0.227 e. The second-order valence-electron chi connectivity index (χ2n) is 6.60. The third-order valence-corrected chi connectivity index (χ3v) is 4.75. The predicted molar refractivity (Wildman–Crippen MR) is 81.3 cm³/mol. The largest absolute Gasteiger partial charge is 0.326 e. The summed E-state index contributed by atoms with van der Waals surface area (Å²) in [6, 6.07) is 6.86. The van der Waals surface area contributed by atoms with Gasteiger partial charge in [-0.3, -0.25) is 9.69 Å². The summed E-state index contributed by atoms with van der Waals surface area (Å²) >= 11 is 0. The maximum atomic E-state index is 12.0. The van der Waals surface area contributed by atoms with Gasteiger partial charge in [-0.25, -0.2) is 0 Å². The van der Waals surface area contributed by atoms with Gasteiger partial charge in [-0.15, -0.1) is 0 Å². The summed E-state index contributed by atoms with van der Waals surface area (Å²) in [4.78, 5) is 14.5. The molecule has 1 heterocycles. The molecule has 1 aromatic rings. The van der Waals surface area contributed by atoms with Crippen molar-refractivity contribution in [3.05, 3.63) is 29.3 Å². The molecule has 3 nitrogen and oxygen atoms in total. The van der Waals surface area contributed by atoms with Crippen LogP contribution in [0.1, 0.15) is 44.7 Å². The molecule has 0 bridgehead atoms. The number of anilines is 1. The lowest BCUT2D eigenvalue weighted by Gasteiger charge is -2.27. The molecule has 1 aromatic carbocycles. The van der Waals surface area contributed by atoms with Gasteiger partial charge in [0.05, 0.1) is 0 Å². The fraction of sp³-hybridized carbons (Fsp3) is 0.588. The van der Waals surface area contributed by atoms with Crippen LogP contribution in [0.5, 0.6) is 0 Å². The molecule has 1 amide bonds. The van der Waals surface area contributed by atoms with Crippen LogP contribution in [0, 0.1) is 11.8 Å². The molecule has 3 rings (SSSR count). The molecule has 2 aliphatic rings. The molecule has 1 saturated carbocycles. The van der Waals surface area contributed by atoms with Gasteiger partial charge < -0.3 is 5.32 Å². The van der Waals surface area contributed by atoms with Crippen LogP contribution in [0.25, 0.3) is 0 Å². The lowest BCUT2D eigenvalue weighted by Crippen LogP contribution is -2.32. The Morgan fingerprint density at radius 3 is 2.65 bits per heavy atom. The zero-order valence-electron chi connectivity index (χ0n) is 12.6. The number of hydrogen-bond acceptors (Lipinski definition) is 2. The molecule has 1 fully saturated rings. The molecule has 0 saturated heterocycles. The van der Waals surface area contributed by atoms with E-state index in [1.54, 1.807) is 0 Å². The maximum Gasteiger partial charge on any atom is 0.227 e. The van der Waals surface area contributed by atoms with Gasteiger partial charge in [-0.05, 0) is 42.9 Å². The van der Waals surface area contributed by atoms with Gasteiger partial charge in [0.25, 0.3) is 0 Å². The van der Waals surface area contributed by atoms with E-state index in [0.29, 0.717) is 12.0 Å². The summed E-state index contributed by atoms with van der Waals surface area (Å²) in [5.41, 5.74) is 3.71. The Morgan fingerprint density at radius 1 is 1.25 bits per heavy atom. The number of hydrogen-bond donors (Lipinski definition) is 1. The van der Waals surface area contributed by atoms with E-state index in [9.17, 15) is 4.79 Å². The van der Waals surface area contributed by atoms with Crippen LogP contribution in [-0.2, 0) is 17.9 Å². The second-order valence-corrected chi connectivity index (χ2v) is 6.60. The van der Waals surface area contributed by atoms with Crippen molar-refractivity contribution in [1.29, 1.82) is 0 Å². The van der Waals surface area contributed by atoms with E-state index >= 15 is 0 Å². The second kappa shape index (κ2) is 5.21. The summed E-state index contributed by atoms with van der Waals surface area (Å²) in [5, 5.41) is 3.13. The van der Waals surface area contributed by atoms with Crippen LogP contribution >= 0.6 is 0 Å². The zero-order valence-corrected chi connectivity index (χ0v) is 12.6. The summed E-state index contributed by atoms with van der Waals surface area (Å²) < 4.78 is 0. The zero-order chi connectivity index (χ0) is 14.3. The van der Waals surface area contributed by atoms with Crippen LogP contribution in [0.15, 0.2) is 18.2 Å². The highest BCUT2D eigenvalue weighted by molar-refractivity contribution is 5.94. The molecule has 108 valence electrons. The third-order valence-electron chi connectivity index (χ3n) is 4.75. The quantitative estimate of drug-likeness (QED) is 0.911. The molecule has 1 atom stereocenters. The van der Waals surface area contributed by atoms with Crippen molar-refractivity contribution in [2.45, 2.75) is 52.7 Å². The Labute approximate surface area is 121 Å². The highest BCUT2D eigenvalue weighted by atomic mass is 16.2. The summed E-state index contributed by atoms with van der Waals surface area (Å²) in [6.07, 6.45) is 2.11. The number of carbonyl (C=O) groups is 1. The summed E-state index contributed by atoms with van der Waals surface area (Å²) in [5.74, 6) is 1.11.